The van der Waals surface area contributed by atoms with Crippen molar-refractivity contribution in [2.24, 2.45) is 0 Å². The van der Waals surface area contributed by atoms with E-state index in [1.807, 2.05) is 0 Å². The van der Waals surface area contributed by atoms with Gasteiger partial charge in [0.05, 0.1) is 18.1 Å². The lowest BCUT2D eigenvalue weighted by atomic mass is 10.1. The molecule has 5 nitrogen and oxygen atoms in total. The second-order valence-electron chi connectivity index (χ2n) is 3.46. The van der Waals surface area contributed by atoms with E-state index in [0.717, 1.165) is 6.07 Å². The third-order valence-electron chi connectivity index (χ3n) is 2.30. The summed E-state index contributed by atoms with van der Waals surface area (Å²) in [6.07, 6.45) is 0.954. The van der Waals surface area contributed by atoms with Crippen LogP contribution in [0.15, 0.2) is 18.2 Å². The molecule has 0 aliphatic heterocycles. The standard InChI is InChI=1S/C11H12FNO4/c1-17-11(14)4-2-3-8-5-6-9(12)7-10(8)13(15)16/h5-7H,2-4H2,1H3. The van der Waals surface area contributed by atoms with E-state index < -0.39 is 10.7 Å². The summed E-state index contributed by atoms with van der Waals surface area (Å²) < 4.78 is 17.3. The van der Waals surface area contributed by atoms with Crippen molar-refractivity contribution >= 4 is 11.7 Å². The summed E-state index contributed by atoms with van der Waals surface area (Å²) >= 11 is 0. The van der Waals surface area contributed by atoms with Crippen molar-refractivity contribution in [3.8, 4) is 0 Å². The molecular weight excluding hydrogens is 229 g/mol. The Labute approximate surface area is 97.3 Å². The Kier molecular flexibility index (Phi) is 4.56. The minimum absolute atomic E-state index is 0.186. The SMILES string of the molecule is COC(=O)CCCc1ccc(F)cc1[N+](=O)[O-]. The van der Waals surface area contributed by atoms with Gasteiger partial charge in [-0.2, -0.15) is 0 Å². The number of hydrogen-bond acceptors (Lipinski definition) is 4. The van der Waals surface area contributed by atoms with Crippen LogP contribution in [-0.4, -0.2) is 18.0 Å². The van der Waals surface area contributed by atoms with Crippen LogP contribution in [-0.2, 0) is 16.0 Å². The van der Waals surface area contributed by atoms with Gasteiger partial charge in [-0.15, -0.1) is 0 Å². The molecule has 1 aromatic carbocycles. The number of aryl methyl sites for hydroxylation is 1. The van der Waals surface area contributed by atoms with E-state index in [1.165, 1.54) is 19.2 Å². The lowest BCUT2D eigenvalue weighted by Crippen LogP contribution is -2.02. The Morgan fingerprint density at radius 3 is 2.82 bits per heavy atom. The Morgan fingerprint density at radius 2 is 2.24 bits per heavy atom. The molecule has 1 aromatic rings. The van der Waals surface area contributed by atoms with E-state index in [-0.39, 0.29) is 18.1 Å². The van der Waals surface area contributed by atoms with E-state index in [1.54, 1.807) is 0 Å². The average Bonchev–Trinajstić information content (AvgIpc) is 2.30. The Hall–Kier alpha value is -1.98. The fourth-order valence-corrected chi connectivity index (χ4v) is 1.44. The van der Waals surface area contributed by atoms with E-state index in [9.17, 15) is 19.3 Å². The van der Waals surface area contributed by atoms with Gasteiger partial charge in [0.1, 0.15) is 5.82 Å². The molecular formula is C11H12FNO4. The largest absolute Gasteiger partial charge is 0.469 e. The first-order valence-electron chi connectivity index (χ1n) is 5.04. The highest BCUT2D eigenvalue weighted by atomic mass is 19.1. The molecule has 17 heavy (non-hydrogen) atoms. The third-order valence-corrected chi connectivity index (χ3v) is 2.30. The van der Waals surface area contributed by atoms with Crippen molar-refractivity contribution in [2.45, 2.75) is 19.3 Å². The zero-order valence-corrected chi connectivity index (χ0v) is 9.31. The summed E-state index contributed by atoms with van der Waals surface area (Å²) in [6.45, 7) is 0. The number of rotatable bonds is 5. The van der Waals surface area contributed by atoms with Gasteiger partial charge < -0.3 is 4.74 Å². The molecule has 0 aromatic heterocycles. The van der Waals surface area contributed by atoms with Crippen LogP contribution >= 0.6 is 0 Å². The molecule has 1 rings (SSSR count). The molecule has 0 N–H and O–H groups in total. The molecule has 0 aliphatic carbocycles. The smallest absolute Gasteiger partial charge is 0.305 e. The van der Waals surface area contributed by atoms with Gasteiger partial charge in [0.15, 0.2) is 0 Å². The van der Waals surface area contributed by atoms with Gasteiger partial charge in [0, 0.05) is 12.0 Å². The number of carbonyl (C=O) groups excluding carboxylic acids is 1. The number of benzene rings is 1. The zero-order chi connectivity index (χ0) is 12.8. The van der Waals surface area contributed by atoms with E-state index in [4.69, 9.17) is 0 Å². The molecule has 0 unspecified atom stereocenters. The maximum absolute atomic E-state index is 12.8. The zero-order valence-electron chi connectivity index (χ0n) is 9.31. The van der Waals surface area contributed by atoms with Gasteiger partial charge in [0.25, 0.3) is 5.69 Å². The van der Waals surface area contributed by atoms with Gasteiger partial charge in [-0.3, -0.25) is 14.9 Å². The highest BCUT2D eigenvalue weighted by molar-refractivity contribution is 5.69. The number of esters is 1. The number of nitro groups is 1. The fraction of sp³-hybridized carbons (Fsp3) is 0.364. The van der Waals surface area contributed by atoms with Crippen LogP contribution in [0.1, 0.15) is 18.4 Å². The van der Waals surface area contributed by atoms with Crippen molar-refractivity contribution in [3.63, 3.8) is 0 Å². The van der Waals surface area contributed by atoms with Crippen LogP contribution in [0.3, 0.4) is 0 Å². The predicted molar refractivity (Wildman–Crippen MR) is 58.0 cm³/mol. The van der Waals surface area contributed by atoms with Gasteiger partial charge in [-0.1, -0.05) is 0 Å². The van der Waals surface area contributed by atoms with E-state index in [0.29, 0.717) is 18.4 Å². The minimum Gasteiger partial charge on any atom is -0.469 e. The summed E-state index contributed by atoms with van der Waals surface area (Å²) in [5.74, 6) is -1.01. The van der Waals surface area contributed by atoms with Gasteiger partial charge in [-0.05, 0) is 25.0 Å². The summed E-state index contributed by atoms with van der Waals surface area (Å²) in [6, 6.07) is 3.42. The highest BCUT2D eigenvalue weighted by Crippen LogP contribution is 2.21. The molecule has 0 spiro atoms. The first-order chi connectivity index (χ1) is 8.04. The first kappa shape index (κ1) is 13.1. The summed E-state index contributed by atoms with van der Waals surface area (Å²) in [5.41, 5.74) is 0.162. The Morgan fingerprint density at radius 1 is 1.53 bits per heavy atom. The van der Waals surface area contributed by atoms with Crippen LogP contribution in [0.25, 0.3) is 0 Å². The number of carbonyl (C=O) groups is 1. The monoisotopic (exact) mass is 241 g/mol. The Balaban J connectivity index is 2.70. The molecule has 0 saturated heterocycles. The molecule has 0 aliphatic rings. The maximum Gasteiger partial charge on any atom is 0.305 e. The lowest BCUT2D eigenvalue weighted by Gasteiger charge is -2.02. The molecule has 0 radical (unpaired) electrons. The summed E-state index contributed by atoms with van der Waals surface area (Å²) in [4.78, 5) is 20.9. The minimum atomic E-state index is -0.645. The van der Waals surface area contributed by atoms with Crippen molar-refractivity contribution in [3.05, 3.63) is 39.7 Å². The molecule has 6 heteroatoms. The van der Waals surface area contributed by atoms with Crippen LogP contribution < -0.4 is 0 Å². The normalized spacial score (nSPS) is 10.0. The molecule has 0 bridgehead atoms. The lowest BCUT2D eigenvalue weighted by molar-refractivity contribution is -0.385. The average molecular weight is 241 g/mol. The molecule has 0 atom stereocenters. The van der Waals surface area contributed by atoms with Crippen LogP contribution in [0.2, 0.25) is 0 Å². The second kappa shape index (κ2) is 5.93. The molecule has 0 heterocycles. The molecule has 0 saturated carbocycles. The van der Waals surface area contributed by atoms with Crippen molar-refractivity contribution in [1.29, 1.82) is 0 Å². The fourth-order valence-electron chi connectivity index (χ4n) is 1.44. The summed E-state index contributed by atoms with van der Waals surface area (Å²) in [5, 5.41) is 10.7. The van der Waals surface area contributed by atoms with Crippen LogP contribution in [0.4, 0.5) is 10.1 Å². The number of nitro benzene ring substituents is 1. The quantitative estimate of drug-likeness (QED) is 0.450. The van der Waals surface area contributed by atoms with Gasteiger partial charge in [0.2, 0.25) is 0 Å². The number of nitrogens with zero attached hydrogens (tertiary/aromatic N) is 1. The van der Waals surface area contributed by atoms with Crippen molar-refractivity contribution in [2.75, 3.05) is 7.11 Å². The van der Waals surface area contributed by atoms with Crippen molar-refractivity contribution in [1.82, 2.24) is 0 Å². The van der Waals surface area contributed by atoms with E-state index >= 15 is 0 Å². The molecule has 0 amide bonds. The van der Waals surface area contributed by atoms with Gasteiger partial charge in [-0.25, -0.2) is 4.39 Å². The topological polar surface area (TPSA) is 69.4 Å². The number of hydrogen-bond donors (Lipinski definition) is 0. The van der Waals surface area contributed by atoms with Crippen LogP contribution in [0.5, 0.6) is 0 Å². The summed E-state index contributed by atoms with van der Waals surface area (Å²) in [7, 11) is 1.28. The second-order valence-corrected chi connectivity index (χ2v) is 3.46. The number of halogens is 1. The van der Waals surface area contributed by atoms with Crippen molar-refractivity contribution < 1.29 is 18.8 Å². The van der Waals surface area contributed by atoms with Crippen LogP contribution in [0, 0.1) is 15.9 Å². The van der Waals surface area contributed by atoms with E-state index in [2.05, 4.69) is 4.74 Å². The molecule has 0 fully saturated rings. The Bertz CT molecular complexity index is 433. The highest BCUT2D eigenvalue weighted by Gasteiger charge is 2.14. The third kappa shape index (κ3) is 3.82. The number of methoxy groups -OCH3 is 1. The first-order valence-corrected chi connectivity index (χ1v) is 5.04. The maximum atomic E-state index is 12.8. The van der Waals surface area contributed by atoms with Gasteiger partial charge >= 0.3 is 5.97 Å². The number of ether oxygens (including phenoxy) is 1. The molecule has 92 valence electrons. The predicted octanol–water partition coefficient (Wildman–Crippen LogP) is 2.23.